The lowest BCUT2D eigenvalue weighted by molar-refractivity contribution is -0.384. The van der Waals surface area contributed by atoms with E-state index < -0.39 is 34.4 Å². The van der Waals surface area contributed by atoms with Crippen LogP contribution in [0.4, 0.5) is 10.5 Å². The summed E-state index contributed by atoms with van der Waals surface area (Å²) in [6.45, 7) is 10.7. The molecule has 13 nitrogen and oxygen atoms in total. The standard InChI is InChI=1S/C57H65N3O10S/c1-5-32-67-57-52(59(38-41-19-15-18-39-16-9-10-22-46(39)41)55(63)68-43-26-24-42(25-27-43)60(64)65)37-50(58-70-56(2,3)4)48-35-40(17-11-13-30-61)47(23-12-14-31-62)53(54(48)57)49-36-44(28-29-51(49)69-57)66-33-34-71-45-20-7-6-8-21-45/h5-10,15-16,18-22,24-29,35-36,40,47,52-54,61-62H,1,11-14,17,23,30-34,37-38H2,2-4H3/t40-,47+,52-,53+,54+,57+/m0/s1. The number of fused-ring (bicyclic) bond motifs is 3. The summed E-state index contributed by atoms with van der Waals surface area (Å²) in [7, 11) is 0. The zero-order chi connectivity index (χ0) is 50.0. The van der Waals surface area contributed by atoms with E-state index in [0.717, 1.165) is 63.8 Å². The summed E-state index contributed by atoms with van der Waals surface area (Å²) in [5.41, 5.74) is 2.53. The number of allylic oxidation sites excluding steroid dienone is 1. The molecule has 0 bridgehead atoms. The van der Waals surface area contributed by atoms with Gasteiger partial charge in [0, 0.05) is 53.9 Å². The highest BCUT2D eigenvalue weighted by molar-refractivity contribution is 7.99. The summed E-state index contributed by atoms with van der Waals surface area (Å²) in [5, 5.41) is 38.7. The molecule has 1 fully saturated rings. The number of unbranched alkanes of at least 4 members (excludes halogenated alkanes) is 2. The summed E-state index contributed by atoms with van der Waals surface area (Å²) >= 11 is 1.73. The first kappa shape index (κ1) is 51.2. The zero-order valence-electron chi connectivity index (χ0n) is 40.8. The van der Waals surface area contributed by atoms with E-state index in [1.165, 1.54) is 24.3 Å². The molecule has 0 aromatic heterocycles. The Kier molecular flexibility index (Phi) is 16.8. The van der Waals surface area contributed by atoms with Crippen LogP contribution in [0.1, 0.15) is 82.8 Å². The number of nitro benzene ring substituents is 1. The number of carbonyl (C=O) groups is 1. The van der Waals surface area contributed by atoms with Crippen LogP contribution in [0.3, 0.4) is 0 Å². The Balaban J connectivity index is 1.32. The molecule has 71 heavy (non-hydrogen) atoms. The molecule has 374 valence electrons. The Morgan fingerprint density at radius 3 is 2.38 bits per heavy atom. The van der Waals surface area contributed by atoms with Gasteiger partial charge in [0.25, 0.3) is 5.69 Å². The molecule has 5 aromatic rings. The number of oxime groups is 1. The molecule has 1 aliphatic heterocycles. The molecular formula is C57H65N3O10S. The van der Waals surface area contributed by atoms with Crippen molar-refractivity contribution >= 4 is 40.0 Å². The number of benzene rings is 5. The maximum atomic E-state index is 15.4. The van der Waals surface area contributed by atoms with Crippen LogP contribution in [0.2, 0.25) is 0 Å². The second-order valence-corrected chi connectivity index (χ2v) is 20.5. The lowest BCUT2D eigenvalue weighted by Crippen LogP contribution is -2.70. The Morgan fingerprint density at radius 1 is 0.930 bits per heavy atom. The highest BCUT2D eigenvalue weighted by Crippen LogP contribution is 2.62. The van der Waals surface area contributed by atoms with Gasteiger partial charge >= 0.3 is 6.09 Å². The Hall–Kier alpha value is -6.19. The number of nitrogens with zero attached hydrogens (tertiary/aromatic N) is 3. The van der Waals surface area contributed by atoms with Gasteiger partial charge in [0.2, 0.25) is 5.79 Å². The van der Waals surface area contributed by atoms with Crippen LogP contribution in [0.5, 0.6) is 17.2 Å². The predicted molar refractivity (Wildman–Crippen MR) is 277 cm³/mol. The van der Waals surface area contributed by atoms with Gasteiger partial charge in [-0.3, -0.25) is 15.0 Å². The smallest absolute Gasteiger partial charge is 0.416 e. The van der Waals surface area contributed by atoms with E-state index >= 15 is 4.79 Å². The average Bonchev–Trinajstić information content (AvgIpc) is 3.37. The molecule has 8 rings (SSSR count). The molecular weight excluding hydrogens is 919 g/mol. The number of non-ortho nitro benzene ring substituents is 1. The van der Waals surface area contributed by atoms with Crippen molar-refractivity contribution in [3.8, 4) is 17.2 Å². The van der Waals surface area contributed by atoms with Gasteiger partial charge in [0.1, 0.15) is 28.9 Å². The first-order valence-corrected chi connectivity index (χ1v) is 25.7. The number of rotatable bonds is 22. The zero-order valence-corrected chi connectivity index (χ0v) is 41.6. The second-order valence-electron chi connectivity index (χ2n) is 19.4. The molecule has 1 amide bonds. The van der Waals surface area contributed by atoms with E-state index in [-0.39, 0.29) is 62.0 Å². The first-order valence-electron chi connectivity index (χ1n) is 24.7. The molecule has 0 unspecified atom stereocenters. The Labute approximate surface area is 420 Å². The quantitative estimate of drug-likeness (QED) is 0.0223. The van der Waals surface area contributed by atoms with Crippen LogP contribution in [0.15, 0.2) is 150 Å². The molecule has 14 heteroatoms. The second kappa shape index (κ2) is 23.4. The summed E-state index contributed by atoms with van der Waals surface area (Å²) < 4.78 is 27.5. The van der Waals surface area contributed by atoms with Gasteiger partial charge in [0.15, 0.2) is 0 Å². The van der Waals surface area contributed by atoms with Crippen LogP contribution in [-0.2, 0) is 16.1 Å². The monoisotopic (exact) mass is 983 g/mol. The summed E-state index contributed by atoms with van der Waals surface area (Å²) in [6.07, 6.45) is 7.81. The fourth-order valence-corrected chi connectivity index (χ4v) is 11.2. The first-order chi connectivity index (χ1) is 34.4. The fourth-order valence-electron chi connectivity index (χ4n) is 10.5. The van der Waals surface area contributed by atoms with E-state index in [4.69, 9.17) is 28.9 Å². The molecule has 1 saturated carbocycles. The average molecular weight is 984 g/mol. The normalized spacial score (nSPS) is 21.8. The minimum atomic E-state index is -1.57. The molecule has 3 aliphatic rings. The van der Waals surface area contributed by atoms with Gasteiger partial charge in [-0.25, -0.2) is 4.79 Å². The lowest BCUT2D eigenvalue weighted by atomic mass is 9.55. The van der Waals surface area contributed by atoms with Crippen molar-refractivity contribution in [3.05, 3.63) is 161 Å². The van der Waals surface area contributed by atoms with Gasteiger partial charge in [-0.05, 0) is 123 Å². The van der Waals surface area contributed by atoms with E-state index in [9.17, 15) is 20.3 Å². The molecule has 5 aromatic carbocycles. The summed E-state index contributed by atoms with van der Waals surface area (Å²) in [4.78, 5) is 35.7. The third-order valence-corrected chi connectivity index (χ3v) is 14.5. The van der Waals surface area contributed by atoms with Crippen LogP contribution < -0.4 is 14.2 Å². The lowest BCUT2D eigenvalue weighted by Gasteiger charge is -2.60. The van der Waals surface area contributed by atoms with Crippen molar-refractivity contribution in [2.24, 2.45) is 22.9 Å². The predicted octanol–water partition coefficient (Wildman–Crippen LogP) is 12.1. The fraction of sp³-hybridized carbons (Fsp3) is 0.404. The van der Waals surface area contributed by atoms with E-state index in [0.29, 0.717) is 36.7 Å². The summed E-state index contributed by atoms with van der Waals surface area (Å²) in [6, 6.07) is 34.7. The number of hydrogen-bond donors (Lipinski definition) is 2. The Bertz CT molecular complexity index is 2680. The highest BCUT2D eigenvalue weighted by Gasteiger charge is 2.66. The molecule has 0 spiro atoms. The van der Waals surface area contributed by atoms with Crippen molar-refractivity contribution in [2.45, 2.75) is 101 Å². The Morgan fingerprint density at radius 2 is 1.65 bits per heavy atom. The molecule has 6 atom stereocenters. The molecule has 2 aliphatic carbocycles. The van der Waals surface area contributed by atoms with Crippen molar-refractivity contribution in [2.75, 3.05) is 32.2 Å². The van der Waals surface area contributed by atoms with Gasteiger partial charge in [-0.15, -0.1) is 18.3 Å². The molecule has 0 radical (unpaired) electrons. The topological polar surface area (TPSA) is 162 Å². The van der Waals surface area contributed by atoms with Gasteiger partial charge in [-0.2, -0.15) is 0 Å². The highest BCUT2D eigenvalue weighted by atomic mass is 32.2. The van der Waals surface area contributed by atoms with Gasteiger partial charge in [-0.1, -0.05) is 90.8 Å². The van der Waals surface area contributed by atoms with E-state index in [1.807, 2.05) is 93.6 Å². The number of nitro groups is 1. The number of amides is 1. The van der Waals surface area contributed by atoms with E-state index in [2.05, 4.69) is 30.9 Å². The van der Waals surface area contributed by atoms with Crippen molar-refractivity contribution < 1.29 is 43.7 Å². The van der Waals surface area contributed by atoms with Crippen molar-refractivity contribution in [1.29, 1.82) is 0 Å². The van der Waals surface area contributed by atoms with Crippen LogP contribution in [0.25, 0.3) is 10.8 Å². The van der Waals surface area contributed by atoms with Crippen molar-refractivity contribution in [1.82, 2.24) is 4.90 Å². The number of hydrogen-bond acceptors (Lipinski definition) is 12. The van der Waals surface area contributed by atoms with Crippen LogP contribution >= 0.6 is 11.8 Å². The van der Waals surface area contributed by atoms with Crippen LogP contribution in [-0.4, -0.2) is 81.5 Å². The maximum absolute atomic E-state index is 15.4. The molecule has 2 N–H and O–H groups in total. The van der Waals surface area contributed by atoms with Gasteiger partial charge in [0.05, 0.1) is 36.3 Å². The number of carbonyl (C=O) groups excluding carboxylic acids is 1. The SMILES string of the molecule is C=CCO[C@@]12Oc3ccc(OCCSc4ccccc4)cc3[C@H]3[C@H](CCCCO)[C@@H](CCCCO)C=C(C(=NOC(C)(C)C)C[C@@H]1N(Cc1cccc4ccccc14)C(=O)Oc1ccc([N+](=O)[O-])cc1)[C@H]32. The number of aliphatic hydroxyl groups excluding tert-OH is 2. The summed E-state index contributed by atoms with van der Waals surface area (Å²) in [5.74, 6) is -0.247. The molecule has 0 saturated heterocycles. The maximum Gasteiger partial charge on any atom is 0.416 e. The minimum absolute atomic E-state index is 0.00523. The number of aliphatic hydroxyl groups is 2. The van der Waals surface area contributed by atoms with Crippen LogP contribution in [0, 0.1) is 27.9 Å². The van der Waals surface area contributed by atoms with E-state index in [1.54, 1.807) is 22.7 Å². The third-order valence-electron chi connectivity index (χ3n) is 13.5. The number of thioether (sulfide) groups is 1. The largest absolute Gasteiger partial charge is 0.493 e. The van der Waals surface area contributed by atoms with Crippen molar-refractivity contribution in [3.63, 3.8) is 0 Å². The minimum Gasteiger partial charge on any atom is -0.493 e. The third kappa shape index (κ3) is 12.0. The number of ether oxygens (including phenoxy) is 4. The molecule has 1 heterocycles. The van der Waals surface area contributed by atoms with Gasteiger partial charge < -0.3 is 34.0 Å².